The number of rotatable bonds is 3. The van der Waals surface area contributed by atoms with Crippen molar-refractivity contribution in [3.63, 3.8) is 0 Å². The maximum atomic E-state index is 14.0. The van der Waals surface area contributed by atoms with E-state index in [4.69, 9.17) is 0 Å². The van der Waals surface area contributed by atoms with Crippen LogP contribution in [-0.2, 0) is 0 Å². The number of pyridine rings is 2. The number of hydrogen-bond acceptors (Lipinski definition) is 5. The Hall–Kier alpha value is -3.20. The lowest BCUT2D eigenvalue weighted by molar-refractivity contribution is 0.524. The molecule has 0 unspecified atom stereocenters. The number of fused-ring (bicyclic) bond motifs is 1. The summed E-state index contributed by atoms with van der Waals surface area (Å²) in [5.41, 5.74) is 2.62. The third-order valence-corrected chi connectivity index (χ3v) is 5.06. The predicted molar refractivity (Wildman–Crippen MR) is 104 cm³/mol. The summed E-state index contributed by atoms with van der Waals surface area (Å²) < 4.78 is 14.0. The summed E-state index contributed by atoms with van der Waals surface area (Å²) in [6, 6.07) is 11.2. The van der Waals surface area contributed by atoms with E-state index in [0.29, 0.717) is 16.6 Å². The number of benzene rings is 1. The summed E-state index contributed by atoms with van der Waals surface area (Å²) in [5.74, 6) is 0.672. The van der Waals surface area contributed by atoms with Crippen molar-refractivity contribution >= 4 is 22.4 Å². The lowest BCUT2D eigenvalue weighted by Gasteiger charge is -2.34. The molecule has 1 saturated heterocycles. The highest BCUT2D eigenvalue weighted by molar-refractivity contribution is 5.95. The fourth-order valence-corrected chi connectivity index (χ4v) is 3.67. The second-order valence-corrected chi connectivity index (χ2v) is 6.87. The fourth-order valence-electron chi connectivity index (χ4n) is 3.67. The SMILES string of the molecule is Cc1cc(F)cc2c(NC3CCN(c4ccccn4)CC3)c(C#N)cnc12. The standard InChI is InChI=1S/C21H20FN5/c1-14-10-16(22)11-18-20(14)25-13-15(12-23)21(18)26-17-5-8-27(9-6-17)19-4-2-3-7-24-19/h2-4,7,10-11,13,17H,5-6,8-9H2,1H3,(H,25,26). The zero-order valence-corrected chi connectivity index (χ0v) is 15.1. The summed E-state index contributed by atoms with van der Waals surface area (Å²) in [6.45, 7) is 3.60. The molecule has 1 N–H and O–H groups in total. The van der Waals surface area contributed by atoms with E-state index in [-0.39, 0.29) is 11.9 Å². The molecule has 136 valence electrons. The van der Waals surface area contributed by atoms with Crippen LogP contribution in [0.15, 0.2) is 42.7 Å². The van der Waals surface area contributed by atoms with Crippen molar-refractivity contribution in [1.82, 2.24) is 9.97 Å². The third kappa shape index (κ3) is 3.41. The molecule has 1 aliphatic heterocycles. The topological polar surface area (TPSA) is 64.8 Å². The summed E-state index contributed by atoms with van der Waals surface area (Å²) in [6.07, 6.45) is 5.20. The first-order valence-electron chi connectivity index (χ1n) is 9.07. The van der Waals surface area contributed by atoms with Crippen molar-refractivity contribution in [1.29, 1.82) is 5.26 Å². The Morgan fingerprint density at radius 1 is 1.22 bits per heavy atom. The van der Waals surface area contributed by atoms with Crippen LogP contribution in [-0.4, -0.2) is 29.1 Å². The van der Waals surface area contributed by atoms with Gasteiger partial charge in [0.05, 0.1) is 16.8 Å². The van der Waals surface area contributed by atoms with E-state index in [9.17, 15) is 9.65 Å². The quantitative estimate of drug-likeness (QED) is 0.763. The molecule has 0 bridgehead atoms. The zero-order chi connectivity index (χ0) is 18.8. The Morgan fingerprint density at radius 3 is 2.74 bits per heavy atom. The van der Waals surface area contributed by atoms with Crippen LogP contribution < -0.4 is 10.2 Å². The first-order chi connectivity index (χ1) is 13.2. The zero-order valence-electron chi connectivity index (χ0n) is 15.1. The van der Waals surface area contributed by atoms with Gasteiger partial charge in [0.1, 0.15) is 17.7 Å². The number of nitriles is 1. The summed E-state index contributed by atoms with van der Waals surface area (Å²) >= 11 is 0. The van der Waals surface area contributed by atoms with Crippen LogP contribution in [0.5, 0.6) is 0 Å². The molecule has 27 heavy (non-hydrogen) atoms. The molecule has 6 heteroatoms. The molecule has 0 saturated carbocycles. The summed E-state index contributed by atoms with van der Waals surface area (Å²) in [5, 5.41) is 13.7. The van der Waals surface area contributed by atoms with Gasteiger partial charge in [-0.15, -0.1) is 0 Å². The molecule has 3 aromatic rings. The molecule has 1 fully saturated rings. The maximum absolute atomic E-state index is 14.0. The molecule has 1 aliphatic rings. The fraction of sp³-hybridized carbons (Fsp3) is 0.286. The van der Waals surface area contributed by atoms with Crippen LogP contribution >= 0.6 is 0 Å². The second kappa shape index (κ2) is 7.20. The van der Waals surface area contributed by atoms with E-state index in [1.807, 2.05) is 25.1 Å². The molecular weight excluding hydrogens is 341 g/mol. The number of aryl methyl sites for hydroxylation is 1. The van der Waals surface area contributed by atoms with Crippen LogP contribution in [0, 0.1) is 24.1 Å². The van der Waals surface area contributed by atoms with Gasteiger partial charge in [0.15, 0.2) is 0 Å². The van der Waals surface area contributed by atoms with Crippen LogP contribution in [0.25, 0.3) is 10.9 Å². The first kappa shape index (κ1) is 17.2. The van der Waals surface area contributed by atoms with E-state index in [2.05, 4.69) is 26.3 Å². The Balaban J connectivity index is 1.58. The number of hydrogen-bond donors (Lipinski definition) is 1. The highest BCUT2D eigenvalue weighted by Crippen LogP contribution is 2.30. The van der Waals surface area contributed by atoms with Gasteiger partial charge in [0, 0.05) is 36.9 Å². The Bertz CT molecular complexity index is 1000. The van der Waals surface area contributed by atoms with E-state index >= 15 is 0 Å². The van der Waals surface area contributed by atoms with Crippen LogP contribution in [0.3, 0.4) is 0 Å². The molecule has 0 radical (unpaired) electrons. The van der Waals surface area contributed by atoms with Gasteiger partial charge in [-0.25, -0.2) is 9.37 Å². The normalized spacial score (nSPS) is 14.9. The number of piperidine rings is 1. The molecule has 0 aliphatic carbocycles. The third-order valence-electron chi connectivity index (χ3n) is 5.06. The van der Waals surface area contributed by atoms with Gasteiger partial charge in [0.2, 0.25) is 0 Å². The summed E-state index contributed by atoms with van der Waals surface area (Å²) in [7, 11) is 0. The monoisotopic (exact) mass is 361 g/mol. The van der Waals surface area contributed by atoms with Crippen molar-refractivity contribution in [3.8, 4) is 6.07 Å². The molecule has 5 nitrogen and oxygen atoms in total. The van der Waals surface area contributed by atoms with Crippen LogP contribution in [0.2, 0.25) is 0 Å². The molecule has 4 rings (SSSR count). The molecule has 0 amide bonds. The molecular formula is C21H20FN5. The largest absolute Gasteiger partial charge is 0.381 e. The Labute approximate surface area is 157 Å². The van der Waals surface area contributed by atoms with Crippen LogP contribution in [0.4, 0.5) is 15.9 Å². The maximum Gasteiger partial charge on any atom is 0.128 e. The van der Waals surface area contributed by atoms with Gasteiger partial charge in [-0.1, -0.05) is 6.07 Å². The average Bonchev–Trinajstić information content (AvgIpc) is 2.69. The lowest BCUT2D eigenvalue weighted by atomic mass is 10.0. The minimum absolute atomic E-state index is 0.214. The number of nitrogens with zero attached hydrogens (tertiary/aromatic N) is 4. The number of aromatic nitrogens is 2. The van der Waals surface area contributed by atoms with Crippen molar-refractivity contribution in [2.45, 2.75) is 25.8 Å². The lowest BCUT2D eigenvalue weighted by Crippen LogP contribution is -2.39. The molecule has 1 aromatic carbocycles. The molecule has 0 atom stereocenters. The first-order valence-corrected chi connectivity index (χ1v) is 9.07. The average molecular weight is 361 g/mol. The number of nitrogens with one attached hydrogen (secondary N) is 1. The highest BCUT2D eigenvalue weighted by atomic mass is 19.1. The van der Waals surface area contributed by atoms with Crippen molar-refractivity contribution in [2.75, 3.05) is 23.3 Å². The van der Waals surface area contributed by atoms with E-state index in [1.165, 1.54) is 12.1 Å². The van der Waals surface area contributed by atoms with Gasteiger partial charge in [-0.2, -0.15) is 5.26 Å². The Kier molecular flexibility index (Phi) is 4.59. The smallest absolute Gasteiger partial charge is 0.128 e. The minimum atomic E-state index is -0.315. The van der Waals surface area contributed by atoms with E-state index in [1.54, 1.807) is 12.4 Å². The van der Waals surface area contributed by atoms with Gasteiger partial charge in [0.25, 0.3) is 0 Å². The van der Waals surface area contributed by atoms with Gasteiger partial charge in [-0.3, -0.25) is 4.98 Å². The van der Waals surface area contributed by atoms with Gasteiger partial charge < -0.3 is 10.2 Å². The number of halogens is 1. The van der Waals surface area contributed by atoms with Crippen molar-refractivity contribution in [3.05, 3.63) is 59.7 Å². The second-order valence-electron chi connectivity index (χ2n) is 6.87. The van der Waals surface area contributed by atoms with Crippen molar-refractivity contribution < 1.29 is 4.39 Å². The van der Waals surface area contributed by atoms with Crippen molar-refractivity contribution in [2.24, 2.45) is 0 Å². The number of anilines is 2. The van der Waals surface area contributed by atoms with E-state index < -0.39 is 0 Å². The van der Waals surface area contributed by atoms with Crippen LogP contribution in [0.1, 0.15) is 24.0 Å². The minimum Gasteiger partial charge on any atom is -0.381 e. The predicted octanol–water partition coefficient (Wildman–Crippen LogP) is 4.03. The highest BCUT2D eigenvalue weighted by Gasteiger charge is 2.22. The Morgan fingerprint density at radius 2 is 2.04 bits per heavy atom. The van der Waals surface area contributed by atoms with E-state index in [0.717, 1.165) is 42.8 Å². The molecule has 2 aromatic heterocycles. The molecule has 3 heterocycles. The van der Waals surface area contributed by atoms with Gasteiger partial charge >= 0.3 is 0 Å². The van der Waals surface area contributed by atoms with Gasteiger partial charge in [-0.05, 0) is 49.6 Å². The summed E-state index contributed by atoms with van der Waals surface area (Å²) in [4.78, 5) is 11.0. The molecule has 0 spiro atoms.